The highest BCUT2D eigenvalue weighted by Crippen LogP contribution is 2.77. The molecule has 2 aliphatic carbocycles. The Kier molecular flexibility index (Phi) is 4.52. The van der Waals surface area contributed by atoms with E-state index in [0.29, 0.717) is 12.8 Å². The van der Waals surface area contributed by atoms with Crippen LogP contribution in [0, 0.1) is 28.1 Å². The molecule has 2 N–H and O–H groups in total. The highest BCUT2D eigenvalue weighted by molar-refractivity contribution is 5.96. The average Bonchev–Trinajstić information content (AvgIpc) is 3.47. The van der Waals surface area contributed by atoms with Crippen LogP contribution in [-0.4, -0.2) is 69.7 Å². The van der Waals surface area contributed by atoms with Gasteiger partial charge in [0.05, 0.1) is 23.5 Å². The Hall–Kier alpha value is -2.30. The minimum absolute atomic E-state index is 0.0377. The first kappa shape index (κ1) is 24.1. The molecule has 6 aliphatic rings. The molecule has 0 amide bonds. The van der Waals surface area contributed by atoms with E-state index in [1.807, 2.05) is 13.8 Å². The maximum absolute atomic E-state index is 14.2. The third-order valence-corrected chi connectivity index (χ3v) is 10.7. The maximum atomic E-state index is 14.2. The van der Waals surface area contributed by atoms with Crippen LogP contribution in [0.25, 0.3) is 0 Å². The summed E-state index contributed by atoms with van der Waals surface area (Å²) in [5.41, 5.74) is -5.28. The first-order valence-corrected chi connectivity index (χ1v) is 12.6. The van der Waals surface area contributed by atoms with Crippen LogP contribution in [0.1, 0.15) is 60.3 Å². The molecule has 1 spiro atoms. The predicted molar refractivity (Wildman–Crippen MR) is 119 cm³/mol. The van der Waals surface area contributed by atoms with E-state index < -0.39 is 81.8 Å². The SMILES string of the molecule is CC1(C)OC(=O)C[C@H](O)[C@]2(C)[C@H]3CC[C@@]4(C)[C@H](C5=C[C@H](O)OC5=O)OC(=O)[C@H]5O[C@]54[C@]3(C)C(=O)C[C@@H]12. The number of esters is 3. The number of hydrogen-bond donors (Lipinski definition) is 2. The molecule has 6 rings (SSSR count). The van der Waals surface area contributed by atoms with Gasteiger partial charge in [-0.15, -0.1) is 0 Å². The van der Waals surface area contributed by atoms with Crippen LogP contribution in [-0.2, 0) is 38.1 Å². The van der Waals surface area contributed by atoms with Crippen molar-refractivity contribution in [3.8, 4) is 0 Å². The number of Topliss-reactive ketones (excluding diaryl/α,β-unsaturated/α-hetero) is 1. The Morgan fingerprint density at radius 1 is 0.917 bits per heavy atom. The lowest BCUT2D eigenvalue weighted by Crippen LogP contribution is -2.73. The number of ketones is 1. The number of hydrogen-bond acceptors (Lipinski definition) is 10. The molecule has 0 aromatic carbocycles. The van der Waals surface area contributed by atoms with E-state index in [1.165, 1.54) is 6.08 Å². The number of aliphatic hydroxyl groups excluding tert-OH is 2. The summed E-state index contributed by atoms with van der Waals surface area (Å²) in [5.74, 6) is -2.96. The van der Waals surface area contributed by atoms with E-state index in [4.69, 9.17) is 18.9 Å². The van der Waals surface area contributed by atoms with Crippen LogP contribution in [0.2, 0.25) is 0 Å². The Morgan fingerprint density at radius 2 is 1.61 bits per heavy atom. The molecule has 36 heavy (non-hydrogen) atoms. The number of rotatable bonds is 1. The zero-order chi connectivity index (χ0) is 26.2. The zero-order valence-electron chi connectivity index (χ0n) is 21.0. The van der Waals surface area contributed by atoms with Gasteiger partial charge in [0, 0.05) is 23.2 Å². The Labute approximate surface area is 208 Å². The predicted octanol–water partition coefficient (Wildman–Crippen LogP) is 0.955. The molecular weight excluding hydrogens is 472 g/mol. The minimum Gasteiger partial charge on any atom is -0.459 e. The van der Waals surface area contributed by atoms with Gasteiger partial charge in [-0.2, -0.15) is 0 Å². The van der Waals surface area contributed by atoms with Crippen molar-refractivity contribution in [1.29, 1.82) is 0 Å². The molecular formula is C26H32O10. The van der Waals surface area contributed by atoms with Gasteiger partial charge in [-0.1, -0.05) is 13.8 Å². The van der Waals surface area contributed by atoms with Gasteiger partial charge < -0.3 is 29.2 Å². The normalized spacial score (nSPS) is 52.9. The molecule has 5 fully saturated rings. The molecule has 196 valence electrons. The number of cyclic esters (lactones) is 3. The fourth-order valence-corrected chi connectivity index (χ4v) is 9.07. The second-order valence-corrected chi connectivity index (χ2v) is 12.5. The van der Waals surface area contributed by atoms with E-state index in [0.717, 1.165) is 0 Å². The van der Waals surface area contributed by atoms with Crippen molar-refractivity contribution in [2.45, 2.75) is 96.1 Å². The van der Waals surface area contributed by atoms with E-state index in [9.17, 15) is 29.4 Å². The molecule has 10 heteroatoms. The van der Waals surface area contributed by atoms with Gasteiger partial charge in [-0.25, -0.2) is 9.59 Å². The smallest absolute Gasteiger partial charge is 0.340 e. The molecule has 2 saturated carbocycles. The summed E-state index contributed by atoms with van der Waals surface area (Å²) in [5, 5.41) is 21.3. The van der Waals surface area contributed by atoms with Crippen LogP contribution in [0.4, 0.5) is 0 Å². The lowest BCUT2D eigenvalue weighted by molar-refractivity contribution is -0.227. The highest BCUT2D eigenvalue weighted by Gasteiger charge is 2.89. The summed E-state index contributed by atoms with van der Waals surface area (Å²) in [6.07, 6.45) is -2.59. The van der Waals surface area contributed by atoms with Gasteiger partial charge in [-0.05, 0) is 45.6 Å². The van der Waals surface area contributed by atoms with E-state index in [2.05, 4.69) is 0 Å². The van der Waals surface area contributed by atoms with Gasteiger partial charge >= 0.3 is 17.9 Å². The highest BCUT2D eigenvalue weighted by atomic mass is 16.7. The molecule has 0 bridgehead atoms. The molecule has 0 aromatic rings. The van der Waals surface area contributed by atoms with Crippen molar-refractivity contribution in [2.24, 2.45) is 28.1 Å². The van der Waals surface area contributed by atoms with Gasteiger partial charge in [0.2, 0.25) is 6.29 Å². The molecule has 4 aliphatic heterocycles. The Balaban J connectivity index is 1.51. The first-order chi connectivity index (χ1) is 16.6. The first-order valence-electron chi connectivity index (χ1n) is 12.6. The molecule has 3 saturated heterocycles. The fourth-order valence-electron chi connectivity index (χ4n) is 9.07. The summed E-state index contributed by atoms with van der Waals surface area (Å²) >= 11 is 0. The maximum Gasteiger partial charge on any atom is 0.340 e. The van der Waals surface area contributed by atoms with Crippen molar-refractivity contribution >= 4 is 23.7 Å². The number of carbonyl (C=O) groups excluding carboxylic acids is 4. The summed E-state index contributed by atoms with van der Waals surface area (Å²) in [7, 11) is 0. The fraction of sp³-hybridized carbons (Fsp3) is 0.769. The molecule has 10 atom stereocenters. The summed E-state index contributed by atoms with van der Waals surface area (Å²) in [6.45, 7) is 9.13. The Morgan fingerprint density at radius 3 is 2.25 bits per heavy atom. The van der Waals surface area contributed by atoms with Gasteiger partial charge in [0.15, 0.2) is 6.10 Å². The topological polar surface area (TPSA) is 149 Å². The largest absolute Gasteiger partial charge is 0.459 e. The van der Waals surface area contributed by atoms with E-state index in [1.54, 1.807) is 20.8 Å². The standard InChI is InChI=1S/C26H32O10/c1-22(2)13-9-15(28)25(5)12(24(13,4)14(27)10-17(30)35-22)6-7-23(3)18(11-8-16(29)33-20(11)31)34-21(32)19-26(23,25)36-19/h8,12-14,16,18-19,27,29H,6-7,9-10H2,1-5H3/t12-,13+,14+,16-,18+,19-,23+,24-,25+,26-/m1/s1. The second-order valence-electron chi connectivity index (χ2n) is 12.5. The summed E-state index contributed by atoms with van der Waals surface area (Å²) in [4.78, 5) is 52.4. The zero-order valence-corrected chi connectivity index (χ0v) is 21.0. The third kappa shape index (κ3) is 2.48. The van der Waals surface area contributed by atoms with E-state index >= 15 is 0 Å². The molecule has 0 unspecified atom stereocenters. The van der Waals surface area contributed by atoms with Gasteiger partial charge in [0.1, 0.15) is 23.1 Å². The van der Waals surface area contributed by atoms with Crippen molar-refractivity contribution < 1.29 is 48.3 Å². The van der Waals surface area contributed by atoms with Crippen LogP contribution in [0.15, 0.2) is 11.6 Å². The van der Waals surface area contributed by atoms with Crippen molar-refractivity contribution in [1.82, 2.24) is 0 Å². The van der Waals surface area contributed by atoms with Crippen molar-refractivity contribution in [2.75, 3.05) is 0 Å². The molecule has 0 aromatic heterocycles. The molecule has 0 radical (unpaired) electrons. The van der Waals surface area contributed by atoms with Crippen molar-refractivity contribution in [3.63, 3.8) is 0 Å². The Bertz CT molecular complexity index is 1140. The number of fused-ring (bicyclic) bond motifs is 3. The molecule has 10 nitrogen and oxygen atoms in total. The van der Waals surface area contributed by atoms with Crippen LogP contribution in [0.3, 0.4) is 0 Å². The van der Waals surface area contributed by atoms with E-state index in [-0.39, 0.29) is 24.2 Å². The van der Waals surface area contributed by atoms with Gasteiger partial charge in [0.25, 0.3) is 0 Å². The lowest BCUT2D eigenvalue weighted by atomic mass is 9.37. The number of epoxide rings is 1. The van der Waals surface area contributed by atoms with Crippen LogP contribution in [0.5, 0.6) is 0 Å². The summed E-state index contributed by atoms with van der Waals surface area (Å²) in [6, 6.07) is 0. The second kappa shape index (κ2) is 6.76. The quantitative estimate of drug-likeness (QED) is 0.300. The monoisotopic (exact) mass is 504 g/mol. The summed E-state index contributed by atoms with van der Waals surface area (Å²) < 4.78 is 22.5. The number of aliphatic hydroxyl groups is 2. The minimum atomic E-state index is -1.44. The van der Waals surface area contributed by atoms with Crippen LogP contribution >= 0.6 is 0 Å². The average molecular weight is 505 g/mol. The third-order valence-electron chi connectivity index (χ3n) is 10.7. The lowest BCUT2D eigenvalue weighted by Gasteiger charge is -2.66. The van der Waals surface area contributed by atoms with Crippen LogP contribution < -0.4 is 0 Å². The van der Waals surface area contributed by atoms with Gasteiger partial charge in [-0.3, -0.25) is 9.59 Å². The number of carbonyl (C=O) groups is 4. The molecule has 4 heterocycles. The van der Waals surface area contributed by atoms with Crippen molar-refractivity contribution in [3.05, 3.63) is 11.6 Å². The number of ether oxygens (including phenoxy) is 4.